The first kappa shape index (κ1) is 15.2. The summed E-state index contributed by atoms with van der Waals surface area (Å²) in [6.07, 6.45) is 1.69. The van der Waals surface area contributed by atoms with Crippen molar-refractivity contribution in [1.29, 1.82) is 5.26 Å². The molecule has 0 atom stereocenters. The van der Waals surface area contributed by atoms with Crippen LogP contribution in [0.15, 0.2) is 29.3 Å². The second-order valence-corrected chi connectivity index (χ2v) is 6.20. The number of hydrogen-bond donors (Lipinski definition) is 1. The van der Waals surface area contributed by atoms with Gasteiger partial charge in [-0.25, -0.2) is 17.5 Å². The van der Waals surface area contributed by atoms with Crippen molar-refractivity contribution in [1.82, 2.24) is 14.5 Å². The van der Waals surface area contributed by atoms with E-state index in [1.165, 1.54) is 12.1 Å². The number of halogens is 1. The van der Waals surface area contributed by atoms with Crippen molar-refractivity contribution in [3.63, 3.8) is 0 Å². The minimum atomic E-state index is -3.98. The van der Waals surface area contributed by atoms with Crippen LogP contribution in [0.25, 0.3) is 0 Å². The monoisotopic (exact) mass is 308 g/mol. The molecule has 1 aromatic carbocycles. The summed E-state index contributed by atoms with van der Waals surface area (Å²) < 4.78 is 41.8. The van der Waals surface area contributed by atoms with E-state index in [4.69, 9.17) is 5.26 Å². The van der Waals surface area contributed by atoms with E-state index in [1.54, 1.807) is 30.9 Å². The lowest BCUT2D eigenvalue weighted by Crippen LogP contribution is -2.24. The third-order valence-electron chi connectivity index (χ3n) is 2.94. The SMILES string of the molecule is Cc1nn(C)cc1CNS(=O)(=O)c1cccc(F)c1C#N. The number of sulfonamides is 1. The quantitative estimate of drug-likeness (QED) is 0.920. The summed E-state index contributed by atoms with van der Waals surface area (Å²) in [4.78, 5) is -0.369. The zero-order chi connectivity index (χ0) is 15.6. The Kier molecular flexibility index (Phi) is 4.06. The van der Waals surface area contributed by atoms with Gasteiger partial charge < -0.3 is 0 Å². The average molecular weight is 308 g/mol. The van der Waals surface area contributed by atoms with Crippen LogP contribution in [0.2, 0.25) is 0 Å². The number of nitrogens with zero attached hydrogens (tertiary/aromatic N) is 3. The molecule has 110 valence electrons. The average Bonchev–Trinajstić information content (AvgIpc) is 2.74. The number of nitrogens with one attached hydrogen (secondary N) is 1. The van der Waals surface area contributed by atoms with Gasteiger partial charge in [-0.1, -0.05) is 6.07 Å². The summed E-state index contributed by atoms with van der Waals surface area (Å²) in [7, 11) is -2.25. The summed E-state index contributed by atoms with van der Waals surface area (Å²) in [5, 5.41) is 13.0. The molecular weight excluding hydrogens is 295 g/mol. The lowest BCUT2D eigenvalue weighted by atomic mass is 10.2. The van der Waals surface area contributed by atoms with Crippen molar-refractivity contribution in [3.05, 3.63) is 47.0 Å². The molecule has 1 heterocycles. The third kappa shape index (κ3) is 3.09. The van der Waals surface area contributed by atoms with E-state index in [-0.39, 0.29) is 11.4 Å². The Bertz CT molecular complexity index is 821. The summed E-state index contributed by atoms with van der Waals surface area (Å²) in [5.74, 6) is -0.863. The lowest BCUT2D eigenvalue weighted by molar-refractivity contribution is 0.576. The summed E-state index contributed by atoms with van der Waals surface area (Å²) in [6.45, 7) is 1.77. The van der Waals surface area contributed by atoms with Gasteiger partial charge in [-0.2, -0.15) is 10.4 Å². The predicted molar refractivity (Wildman–Crippen MR) is 73.1 cm³/mol. The molecule has 2 aromatic rings. The molecule has 1 aromatic heterocycles. The van der Waals surface area contributed by atoms with E-state index in [1.807, 2.05) is 0 Å². The fourth-order valence-electron chi connectivity index (χ4n) is 1.91. The molecule has 0 amide bonds. The maximum Gasteiger partial charge on any atom is 0.242 e. The highest BCUT2D eigenvalue weighted by Crippen LogP contribution is 2.18. The molecule has 0 aliphatic heterocycles. The van der Waals surface area contributed by atoms with Crippen LogP contribution in [0.4, 0.5) is 4.39 Å². The molecule has 6 nitrogen and oxygen atoms in total. The van der Waals surface area contributed by atoms with Gasteiger partial charge in [-0.3, -0.25) is 4.68 Å². The predicted octanol–water partition coefficient (Wildman–Crippen LogP) is 1.22. The van der Waals surface area contributed by atoms with Crippen molar-refractivity contribution in [3.8, 4) is 6.07 Å². The van der Waals surface area contributed by atoms with Crippen LogP contribution in [-0.2, 0) is 23.6 Å². The highest BCUT2D eigenvalue weighted by molar-refractivity contribution is 7.89. The number of nitriles is 1. The van der Waals surface area contributed by atoms with Gasteiger partial charge in [0.25, 0.3) is 0 Å². The number of rotatable bonds is 4. The summed E-state index contributed by atoms with van der Waals surface area (Å²) in [5.41, 5.74) is 0.906. The molecule has 8 heteroatoms. The Morgan fingerprint density at radius 1 is 1.48 bits per heavy atom. The summed E-state index contributed by atoms with van der Waals surface area (Å²) in [6, 6.07) is 5.06. The van der Waals surface area contributed by atoms with E-state index in [9.17, 15) is 12.8 Å². The normalized spacial score (nSPS) is 11.3. The molecule has 21 heavy (non-hydrogen) atoms. The van der Waals surface area contributed by atoms with Gasteiger partial charge in [0.1, 0.15) is 22.3 Å². The maximum absolute atomic E-state index is 13.5. The lowest BCUT2D eigenvalue weighted by Gasteiger charge is -2.08. The Balaban J connectivity index is 2.30. The van der Waals surface area contributed by atoms with Crippen molar-refractivity contribution in [2.45, 2.75) is 18.4 Å². The van der Waals surface area contributed by atoms with Crippen LogP contribution in [-0.4, -0.2) is 18.2 Å². The molecule has 0 aliphatic carbocycles. The standard InChI is InChI=1S/C13H13FN4O2S/c1-9-10(8-18(2)17-9)7-16-21(19,20)13-5-3-4-12(14)11(13)6-15/h3-5,8,16H,7H2,1-2H3. The molecule has 0 aliphatic rings. The maximum atomic E-state index is 13.5. The van der Waals surface area contributed by atoms with Crippen LogP contribution < -0.4 is 4.72 Å². The first-order valence-electron chi connectivity index (χ1n) is 6.02. The first-order valence-corrected chi connectivity index (χ1v) is 7.51. The van der Waals surface area contributed by atoms with Crippen LogP contribution in [0.5, 0.6) is 0 Å². The molecule has 0 fully saturated rings. The first-order chi connectivity index (χ1) is 9.85. The van der Waals surface area contributed by atoms with E-state index in [0.717, 1.165) is 6.07 Å². The fourth-order valence-corrected chi connectivity index (χ4v) is 3.08. The summed E-state index contributed by atoms with van der Waals surface area (Å²) >= 11 is 0. The van der Waals surface area contributed by atoms with Gasteiger partial charge in [-0.05, 0) is 19.1 Å². The topological polar surface area (TPSA) is 87.8 Å². The molecule has 2 rings (SSSR count). The number of aryl methyl sites for hydroxylation is 2. The van der Waals surface area contributed by atoms with Gasteiger partial charge in [-0.15, -0.1) is 0 Å². The number of hydrogen-bond acceptors (Lipinski definition) is 4. The Labute approximate surface area is 121 Å². The highest BCUT2D eigenvalue weighted by Gasteiger charge is 2.21. The second-order valence-electron chi connectivity index (χ2n) is 4.46. The minimum absolute atomic E-state index is 0.0173. The molecule has 0 bridgehead atoms. The smallest absolute Gasteiger partial charge is 0.242 e. The molecule has 0 unspecified atom stereocenters. The van der Waals surface area contributed by atoms with Gasteiger partial charge in [0.2, 0.25) is 10.0 Å². The highest BCUT2D eigenvalue weighted by atomic mass is 32.2. The molecule has 0 saturated carbocycles. The van der Waals surface area contributed by atoms with Gasteiger partial charge in [0.15, 0.2) is 0 Å². The van der Waals surface area contributed by atoms with Crippen LogP contribution >= 0.6 is 0 Å². The zero-order valence-electron chi connectivity index (χ0n) is 11.5. The van der Waals surface area contributed by atoms with Gasteiger partial charge in [0, 0.05) is 25.4 Å². The molecular formula is C13H13FN4O2S. The largest absolute Gasteiger partial charge is 0.275 e. The van der Waals surface area contributed by atoms with Crippen molar-refractivity contribution >= 4 is 10.0 Å². The van der Waals surface area contributed by atoms with E-state index in [0.29, 0.717) is 11.3 Å². The molecule has 0 saturated heterocycles. The van der Waals surface area contributed by atoms with E-state index in [2.05, 4.69) is 9.82 Å². The van der Waals surface area contributed by atoms with Crippen LogP contribution in [0.3, 0.4) is 0 Å². The van der Waals surface area contributed by atoms with E-state index < -0.39 is 21.4 Å². The van der Waals surface area contributed by atoms with Crippen molar-refractivity contribution in [2.24, 2.45) is 7.05 Å². The van der Waals surface area contributed by atoms with Crippen LogP contribution in [0.1, 0.15) is 16.8 Å². The third-order valence-corrected chi connectivity index (χ3v) is 4.39. The van der Waals surface area contributed by atoms with Crippen molar-refractivity contribution < 1.29 is 12.8 Å². The number of benzene rings is 1. The Morgan fingerprint density at radius 2 is 2.19 bits per heavy atom. The van der Waals surface area contributed by atoms with Crippen molar-refractivity contribution in [2.75, 3.05) is 0 Å². The fraction of sp³-hybridized carbons (Fsp3) is 0.231. The molecule has 0 spiro atoms. The van der Waals surface area contributed by atoms with Gasteiger partial charge >= 0.3 is 0 Å². The Morgan fingerprint density at radius 3 is 2.76 bits per heavy atom. The molecule has 0 radical (unpaired) electrons. The molecule has 1 N–H and O–H groups in total. The minimum Gasteiger partial charge on any atom is -0.275 e. The van der Waals surface area contributed by atoms with E-state index >= 15 is 0 Å². The second kappa shape index (κ2) is 5.63. The van der Waals surface area contributed by atoms with Gasteiger partial charge in [0.05, 0.1) is 5.69 Å². The Hall–Kier alpha value is -2.24. The van der Waals surface area contributed by atoms with Crippen LogP contribution in [0, 0.1) is 24.1 Å². The number of aromatic nitrogens is 2. The zero-order valence-corrected chi connectivity index (χ0v) is 12.3.